The molecule has 17 heavy (non-hydrogen) atoms. The molecular formula is C12H12F2O3. The number of aryl methyl sites for hydroxylation is 2. The first-order valence-electron chi connectivity index (χ1n) is 5.14. The van der Waals surface area contributed by atoms with Crippen LogP contribution in [0.5, 0.6) is 5.75 Å². The molecule has 0 radical (unpaired) electrons. The number of aromatic hydroxyl groups is 1. The van der Waals surface area contributed by atoms with Gasteiger partial charge in [0, 0.05) is 12.0 Å². The van der Waals surface area contributed by atoms with E-state index in [-0.39, 0.29) is 11.3 Å². The molecule has 1 aromatic rings. The van der Waals surface area contributed by atoms with Gasteiger partial charge in [-0.3, -0.25) is 4.79 Å². The van der Waals surface area contributed by atoms with Gasteiger partial charge < -0.3 is 10.2 Å². The van der Waals surface area contributed by atoms with Crippen LogP contribution < -0.4 is 0 Å². The minimum Gasteiger partial charge on any atom is -0.508 e. The Morgan fingerprint density at radius 1 is 1.29 bits per heavy atom. The van der Waals surface area contributed by atoms with E-state index < -0.39 is 23.7 Å². The summed E-state index contributed by atoms with van der Waals surface area (Å²) in [5.41, 5.74) is -1.04. The van der Waals surface area contributed by atoms with Crippen molar-refractivity contribution in [3.8, 4) is 5.75 Å². The third-order valence-electron chi connectivity index (χ3n) is 3.42. The Morgan fingerprint density at radius 2 is 1.76 bits per heavy atom. The van der Waals surface area contributed by atoms with Crippen LogP contribution in [0.1, 0.15) is 23.1 Å². The van der Waals surface area contributed by atoms with Gasteiger partial charge in [-0.05, 0) is 31.0 Å². The summed E-state index contributed by atoms with van der Waals surface area (Å²) >= 11 is 0. The number of phenolic OH excluding ortho intramolecular Hbond substituents is 1. The Morgan fingerprint density at radius 3 is 2.18 bits per heavy atom. The predicted octanol–water partition coefficient (Wildman–Crippen LogP) is 2.37. The number of alkyl halides is 2. The molecule has 0 aromatic heterocycles. The molecule has 2 N–H and O–H groups in total. The number of benzene rings is 1. The number of halogens is 2. The number of carbonyl (C=O) groups is 1. The third-order valence-corrected chi connectivity index (χ3v) is 3.42. The van der Waals surface area contributed by atoms with Crippen LogP contribution in [0, 0.1) is 13.8 Å². The van der Waals surface area contributed by atoms with E-state index in [0.29, 0.717) is 5.56 Å². The van der Waals surface area contributed by atoms with Gasteiger partial charge in [-0.15, -0.1) is 0 Å². The molecule has 0 saturated heterocycles. The highest BCUT2D eigenvalue weighted by atomic mass is 19.3. The van der Waals surface area contributed by atoms with Crippen molar-refractivity contribution < 1.29 is 23.8 Å². The zero-order valence-corrected chi connectivity index (χ0v) is 9.42. The molecule has 3 nitrogen and oxygen atoms in total. The maximum Gasteiger partial charge on any atom is 0.320 e. The summed E-state index contributed by atoms with van der Waals surface area (Å²) in [4.78, 5) is 11.1. The molecule has 2 rings (SSSR count). The first-order valence-corrected chi connectivity index (χ1v) is 5.14. The van der Waals surface area contributed by atoms with Gasteiger partial charge in [0.1, 0.15) is 5.75 Å². The summed E-state index contributed by atoms with van der Waals surface area (Å²) in [6.07, 6.45) is -0.759. The number of aliphatic carboxylic acids is 1. The van der Waals surface area contributed by atoms with E-state index in [1.807, 2.05) is 0 Å². The van der Waals surface area contributed by atoms with E-state index in [1.165, 1.54) is 12.1 Å². The molecule has 0 spiro atoms. The molecule has 1 aromatic carbocycles. The van der Waals surface area contributed by atoms with Crippen molar-refractivity contribution in [1.82, 2.24) is 0 Å². The monoisotopic (exact) mass is 242 g/mol. The van der Waals surface area contributed by atoms with Crippen molar-refractivity contribution in [2.75, 3.05) is 0 Å². The van der Waals surface area contributed by atoms with Crippen LogP contribution in [0.3, 0.4) is 0 Å². The van der Waals surface area contributed by atoms with Crippen LogP contribution in [0.2, 0.25) is 0 Å². The van der Waals surface area contributed by atoms with Gasteiger partial charge in [0.05, 0.1) is 0 Å². The fourth-order valence-corrected chi connectivity index (χ4v) is 2.07. The summed E-state index contributed by atoms with van der Waals surface area (Å²) in [5, 5.41) is 18.7. The Labute approximate surface area is 96.7 Å². The van der Waals surface area contributed by atoms with Gasteiger partial charge in [-0.2, -0.15) is 0 Å². The molecule has 0 amide bonds. The molecule has 1 atom stereocenters. The zero-order chi connectivity index (χ0) is 13.0. The molecule has 1 aliphatic carbocycles. The number of hydrogen-bond acceptors (Lipinski definition) is 2. The van der Waals surface area contributed by atoms with E-state index in [2.05, 4.69) is 0 Å². The van der Waals surface area contributed by atoms with Gasteiger partial charge in [0.25, 0.3) is 5.92 Å². The number of carboxylic acid groups (broad SMARTS) is 1. The molecule has 1 saturated carbocycles. The Balaban J connectivity index is 2.62. The van der Waals surface area contributed by atoms with Gasteiger partial charge in [-0.25, -0.2) is 8.78 Å². The minimum absolute atomic E-state index is 0.196. The Kier molecular flexibility index (Phi) is 2.21. The fourth-order valence-electron chi connectivity index (χ4n) is 2.07. The number of rotatable bonds is 2. The SMILES string of the molecule is Cc1cc(O)c(C2(C(=O)O)CC2(F)F)cc1C. The molecule has 5 heteroatoms. The van der Waals surface area contributed by atoms with E-state index in [9.17, 15) is 18.7 Å². The summed E-state index contributed by atoms with van der Waals surface area (Å²) in [6, 6.07) is 2.66. The number of carboxylic acids is 1. The second-order valence-corrected chi connectivity index (χ2v) is 4.55. The van der Waals surface area contributed by atoms with E-state index in [4.69, 9.17) is 5.11 Å². The maximum atomic E-state index is 13.3. The summed E-state index contributed by atoms with van der Waals surface area (Å²) < 4.78 is 26.6. The van der Waals surface area contributed by atoms with Crippen molar-refractivity contribution in [3.63, 3.8) is 0 Å². The van der Waals surface area contributed by atoms with Gasteiger partial charge in [-0.1, -0.05) is 6.07 Å². The van der Waals surface area contributed by atoms with Gasteiger partial charge >= 0.3 is 5.97 Å². The second kappa shape index (κ2) is 3.18. The third kappa shape index (κ3) is 1.41. The molecule has 0 aliphatic heterocycles. The first-order chi connectivity index (χ1) is 7.72. The smallest absolute Gasteiger partial charge is 0.320 e. The standard InChI is InChI=1S/C12H12F2O3/c1-6-3-8(9(15)4-7(6)2)11(10(16)17)5-12(11,13)14/h3-4,15H,5H2,1-2H3,(H,16,17). The summed E-state index contributed by atoms with van der Waals surface area (Å²) in [5.74, 6) is -5.27. The average molecular weight is 242 g/mol. The van der Waals surface area contributed by atoms with Crippen molar-refractivity contribution in [2.45, 2.75) is 31.6 Å². The topological polar surface area (TPSA) is 57.5 Å². The van der Waals surface area contributed by atoms with Crippen molar-refractivity contribution >= 4 is 5.97 Å². The summed E-state index contributed by atoms with van der Waals surface area (Å²) in [7, 11) is 0. The number of hydrogen-bond donors (Lipinski definition) is 2. The lowest BCUT2D eigenvalue weighted by molar-refractivity contribution is -0.143. The quantitative estimate of drug-likeness (QED) is 0.837. The van der Waals surface area contributed by atoms with Crippen LogP contribution in [-0.4, -0.2) is 22.1 Å². The van der Waals surface area contributed by atoms with Crippen LogP contribution >= 0.6 is 0 Å². The largest absolute Gasteiger partial charge is 0.508 e. The first kappa shape index (κ1) is 11.8. The predicted molar refractivity (Wildman–Crippen MR) is 56.5 cm³/mol. The molecule has 1 unspecified atom stereocenters. The Hall–Kier alpha value is -1.65. The molecule has 92 valence electrons. The summed E-state index contributed by atoms with van der Waals surface area (Å²) in [6.45, 7) is 3.41. The lowest BCUT2D eigenvalue weighted by atomic mass is 9.91. The molecular weight excluding hydrogens is 230 g/mol. The molecule has 1 aliphatic rings. The molecule has 1 fully saturated rings. The molecule has 0 heterocycles. The van der Waals surface area contributed by atoms with Gasteiger partial charge in [0.2, 0.25) is 0 Å². The van der Waals surface area contributed by atoms with Crippen molar-refractivity contribution in [2.24, 2.45) is 0 Å². The van der Waals surface area contributed by atoms with Crippen molar-refractivity contribution in [3.05, 3.63) is 28.8 Å². The fraction of sp³-hybridized carbons (Fsp3) is 0.417. The second-order valence-electron chi connectivity index (χ2n) is 4.55. The number of phenols is 1. The molecule has 0 bridgehead atoms. The average Bonchev–Trinajstić information content (AvgIpc) is 2.77. The highest BCUT2D eigenvalue weighted by molar-refractivity contribution is 5.89. The lowest BCUT2D eigenvalue weighted by Crippen LogP contribution is -2.27. The van der Waals surface area contributed by atoms with E-state index in [0.717, 1.165) is 5.56 Å². The lowest BCUT2D eigenvalue weighted by Gasteiger charge is -2.15. The normalized spacial score (nSPS) is 25.6. The van der Waals surface area contributed by atoms with Gasteiger partial charge in [0.15, 0.2) is 5.41 Å². The van der Waals surface area contributed by atoms with Crippen LogP contribution in [-0.2, 0) is 10.2 Å². The van der Waals surface area contributed by atoms with Crippen LogP contribution in [0.4, 0.5) is 8.78 Å². The van der Waals surface area contributed by atoms with Crippen molar-refractivity contribution in [1.29, 1.82) is 0 Å². The zero-order valence-electron chi connectivity index (χ0n) is 9.42. The highest BCUT2D eigenvalue weighted by Crippen LogP contribution is 2.63. The maximum absolute atomic E-state index is 13.3. The highest BCUT2D eigenvalue weighted by Gasteiger charge is 2.78. The van der Waals surface area contributed by atoms with Crippen LogP contribution in [0.25, 0.3) is 0 Å². The van der Waals surface area contributed by atoms with E-state index >= 15 is 0 Å². The van der Waals surface area contributed by atoms with E-state index in [1.54, 1.807) is 13.8 Å². The van der Waals surface area contributed by atoms with Crippen LogP contribution in [0.15, 0.2) is 12.1 Å². The minimum atomic E-state index is -3.29. The Bertz CT molecular complexity index is 511.